The van der Waals surface area contributed by atoms with Gasteiger partial charge in [0.15, 0.2) is 0 Å². The van der Waals surface area contributed by atoms with Gasteiger partial charge in [0.25, 0.3) is 0 Å². The van der Waals surface area contributed by atoms with Crippen LogP contribution in [-0.4, -0.2) is 12.7 Å². The number of hydrogen-bond donors (Lipinski definition) is 1. The summed E-state index contributed by atoms with van der Waals surface area (Å²) in [6, 6.07) is 17.2. The van der Waals surface area contributed by atoms with Crippen molar-refractivity contribution in [1.82, 2.24) is 5.48 Å². The van der Waals surface area contributed by atoms with Gasteiger partial charge in [-0.25, -0.2) is 4.79 Å². The molecule has 2 rings (SSSR count). The molecule has 0 fully saturated rings. The van der Waals surface area contributed by atoms with Gasteiger partial charge in [-0.3, -0.25) is 4.84 Å². The van der Waals surface area contributed by atoms with Crippen LogP contribution in [0.15, 0.2) is 54.6 Å². The van der Waals surface area contributed by atoms with E-state index >= 15 is 0 Å². The number of hydrogen-bond acceptors (Lipinski definition) is 3. The summed E-state index contributed by atoms with van der Waals surface area (Å²) in [6.07, 6.45) is -0.637. The van der Waals surface area contributed by atoms with Gasteiger partial charge in [0, 0.05) is 5.56 Å². The predicted octanol–water partition coefficient (Wildman–Crippen LogP) is 3.20. The van der Waals surface area contributed by atoms with Crippen LogP contribution < -0.4 is 5.48 Å². The van der Waals surface area contributed by atoms with Gasteiger partial charge in [-0.05, 0) is 24.1 Å². The lowest BCUT2D eigenvalue weighted by atomic mass is 10.1. The van der Waals surface area contributed by atoms with E-state index in [1.807, 2.05) is 61.5 Å². The zero-order valence-electron chi connectivity index (χ0n) is 12.3. The molecule has 4 heteroatoms. The van der Waals surface area contributed by atoms with E-state index in [4.69, 9.17) is 9.57 Å². The number of rotatable bonds is 4. The van der Waals surface area contributed by atoms with E-state index in [0.29, 0.717) is 0 Å². The highest BCUT2D eigenvalue weighted by molar-refractivity contribution is 5.65. The van der Waals surface area contributed by atoms with E-state index in [1.54, 1.807) is 0 Å². The molecular weight excluding hydrogens is 278 g/mol. The molecule has 4 nitrogen and oxygen atoms in total. The van der Waals surface area contributed by atoms with E-state index in [-0.39, 0.29) is 13.2 Å². The zero-order valence-corrected chi connectivity index (χ0v) is 12.3. The Bertz CT molecular complexity index is 671. The number of benzene rings is 2. The van der Waals surface area contributed by atoms with Gasteiger partial charge in [0.05, 0.1) is 0 Å². The molecule has 0 saturated heterocycles. The molecular formula is C18H17NO3. The number of nitrogens with one attached hydrogen (secondary N) is 1. The van der Waals surface area contributed by atoms with Crippen LogP contribution in [0.2, 0.25) is 0 Å². The van der Waals surface area contributed by atoms with Crippen molar-refractivity contribution < 1.29 is 14.4 Å². The second kappa shape index (κ2) is 8.50. The molecule has 1 amide bonds. The molecule has 112 valence electrons. The Morgan fingerprint density at radius 1 is 1.09 bits per heavy atom. The number of amides is 1. The fourth-order valence-corrected chi connectivity index (χ4v) is 1.73. The molecule has 0 heterocycles. The maximum atomic E-state index is 11.4. The van der Waals surface area contributed by atoms with Crippen molar-refractivity contribution in [3.63, 3.8) is 0 Å². The first-order valence-electron chi connectivity index (χ1n) is 6.88. The molecule has 0 aliphatic heterocycles. The molecule has 0 unspecified atom stereocenters. The summed E-state index contributed by atoms with van der Waals surface area (Å²) in [5.74, 6) is 5.81. The quantitative estimate of drug-likeness (QED) is 0.535. The SMILES string of the molecule is Cc1ccccc1C#CCONC(=O)OCc1ccccc1. The fourth-order valence-electron chi connectivity index (χ4n) is 1.73. The number of hydroxylamine groups is 1. The minimum Gasteiger partial charge on any atom is -0.443 e. The molecule has 0 radical (unpaired) electrons. The largest absolute Gasteiger partial charge is 0.443 e. The minimum atomic E-state index is -0.637. The fraction of sp³-hybridized carbons (Fsp3) is 0.167. The zero-order chi connectivity index (χ0) is 15.6. The standard InChI is InChI=1S/C18H17NO3/c1-15-8-5-6-11-17(15)12-7-13-22-19-18(20)21-14-16-9-3-2-4-10-16/h2-6,8-11H,13-14H2,1H3,(H,19,20). The molecule has 0 aromatic heterocycles. The molecule has 1 N–H and O–H groups in total. The lowest BCUT2D eigenvalue weighted by Gasteiger charge is -2.05. The summed E-state index contributed by atoms with van der Waals surface area (Å²) < 4.78 is 4.99. The molecule has 2 aromatic rings. The van der Waals surface area contributed by atoms with E-state index in [1.165, 1.54) is 0 Å². The highest BCUT2D eigenvalue weighted by Gasteiger charge is 2.01. The topological polar surface area (TPSA) is 47.6 Å². The molecule has 0 aliphatic rings. The van der Waals surface area contributed by atoms with Crippen molar-refractivity contribution in [3.05, 3.63) is 71.3 Å². The summed E-state index contributed by atoms with van der Waals surface area (Å²) in [7, 11) is 0. The van der Waals surface area contributed by atoms with Crippen molar-refractivity contribution in [3.8, 4) is 11.8 Å². The van der Waals surface area contributed by atoms with Crippen molar-refractivity contribution in [2.45, 2.75) is 13.5 Å². The summed E-state index contributed by atoms with van der Waals surface area (Å²) in [6.45, 7) is 2.28. The second-order valence-electron chi connectivity index (χ2n) is 4.57. The number of carbonyl (C=O) groups is 1. The number of aryl methyl sites for hydroxylation is 1. The monoisotopic (exact) mass is 295 g/mol. The molecule has 0 aliphatic carbocycles. The highest BCUT2D eigenvalue weighted by Crippen LogP contribution is 2.04. The van der Waals surface area contributed by atoms with Crippen LogP contribution in [0.5, 0.6) is 0 Å². The second-order valence-corrected chi connectivity index (χ2v) is 4.57. The third-order valence-corrected chi connectivity index (χ3v) is 2.88. The summed E-state index contributed by atoms with van der Waals surface area (Å²) in [5, 5.41) is 0. The Labute approximate surface area is 130 Å². The van der Waals surface area contributed by atoms with Crippen LogP contribution in [0, 0.1) is 18.8 Å². The van der Waals surface area contributed by atoms with Crippen molar-refractivity contribution in [2.75, 3.05) is 6.61 Å². The average Bonchev–Trinajstić information content (AvgIpc) is 2.55. The lowest BCUT2D eigenvalue weighted by Crippen LogP contribution is -2.24. The maximum absolute atomic E-state index is 11.4. The predicted molar refractivity (Wildman–Crippen MR) is 83.8 cm³/mol. The summed E-state index contributed by atoms with van der Waals surface area (Å²) >= 11 is 0. The summed E-state index contributed by atoms with van der Waals surface area (Å²) in [4.78, 5) is 16.3. The van der Waals surface area contributed by atoms with Crippen LogP contribution in [0.3, 0.4) is 0 Å². The molecule has 0 atom stereocenters. The van der Waals surface area contributed by atoms with Crippen LogP contribution in [0.25, 0.3) is 0 Å². The smallest absolute Gasteiger partial charge is 0.431 e. The van der Waals surface area contributed by atoms with Crippen molar-refractivity contribution in [2.24, 2.45) is 0 Å². The summed E-state index contributed by atoms with van der Waals surface area (Å²) in [5.41, 5.74) is 5.15. The highest BCUT2D eigenvalue weighted by atomic mass is 16.7. The maximum Gasteiger partial charge on any atom is 0.431 e. The Balaban J connectivity index is 1.67. The van der Waals surface area contributed by atoms with E-state index in [0.717, 1.165) is 16.7 Å². The van der Waals surface area contributed by atoms with Gasteiger partial charge in [-0.1, -0.05) is 60.4 Å². The first-order chi connectivity index (χ1) is 10.8. The Morgan fingerprint density at radius 3 is 2.59 bits per heavy atom. The van der Waals surface area contributed by atoms with Gasteiger partial charge in [0.1, 0.15) is 13.2 Å². The molecule has 0 bridgehead atoms. The van der Waals surface area contributed by atoms with Gasteiger partial charge in [-0.2, -0.15) is 5.48 Å². The van der Waals surface area contributed by atoms with Crippen LogP contribution >= 0.6 is 0 Å². The minimum absolute atomic E-state index is 0.0920. The van der Waals surface area contributed by atoms with Gasteiger partial charge < -0.3 is 4.74 Å². The third-order valence-electron chi connectivity index (χ3n) is 2.88. The van der Waals surface area contributed by atoms with Gasteiger partial charge in [-0.15, -0.1) is 0 Å². The molecule has 0 spiro atoms. The Kier molecular flexibility index (Phi) is 6.03. The number of carbonyl (C=O) groups excluding carboxylic acids is 1. The molecule has 2 aromatic carbocycles. The van der Waals surface area contributed by atoms with Crippen LogP contribution in [-0.2, 0) is 16.2 Å². The lowest BCUT2D eigenvalue weighted by molar-refractivity contribution is 0.0410. The first kappa shape index (κ1) is 15.6. The van der Waals surface area contributed by atoms with Gasteiger partial charge in [0.2, 0.25) is 0 Å². The van der Waals surface area contributed by atoms with Crippen molar-refractivity contribution >= 4 is 6.09 Å². The molecule has 22 heavy (non-hydrogen) atoms. The first-order valence-corrected chi connectivity index (χ1v) is 6.88. The molecule has 0 saturated carbocycles. The Hall–Kier alpha value is -2.77. The Morgan fingerprint density at radius 2 is 1.82 bits per heavy atom. The van der Waals surface area contributed by atoms with E-state index in [2.05, 4.69) is 17.3 Å². The number of ether oxygens (including phenoxy) is 1. The normalized spacial score (nSPS) is 9.50. The van der Waals surface area contributed by atoms with Crippen LogP contribution in [0.4, 0.5) is 4.79 Å². The third kappa shape index (κ3) is 5.31. The van der Waals surface area contributed by atoms with Crippen molar-refractivity contribution in [1.29, 1.82) is 0 Å². The van der Waals surface area contributed by atoms with E-state index < -0.39 is 6.09 Å². The van der Waals surface area contributed by atoms with Crippen LogP contribution in [0.1, 0.15) is 16.7 Å². The average molecular weight is 295 g/mol. The van der Waals surface area contributed by atoms with E-state index in [9.17, 15) is 4.79 Å². The van der Waals surface area contributed by atoms with Gasteiger partial charge >= 0.3 is 6.09 Å².